The molecule has 1 aliphatic carbocycles. The molecule has 2 unspecified atom stereocenters. The molecule has 5 nitrogen and oxygen atoms in total. The van der Waals surface area contributed by atoms with Gasteiger partial charge < -0.3 is 20.5 Å². The average Bonchev–Trinajstić information content (AvgIpc) is 3.03. The summed E-state index contributed by atoms with van der Waals surface area (Å²) in [4.78, 5) is 14.1. The number of pyridine rings is 1. The highest BCUT2D eigenvalue weighted by molar-refractivity contribution is 5.87. The Morgan fingerprint density at radius 2 is 1.84 bits per heavy atom. The van der Waals surface area contributed by atoms with Crippen LogP contribution in [0.5, 0.6) is 5.75 Å². The Hall–Kier alpha value is -1.85. The van der Waals surface area contributed by atoms with Crippen LogP contribution in [0.15, 0.2) is 29.1 Å². The van der Waals surface area contributed by atoms with E-state index in [4.69, 9.17) is 0 Å². The number of aromatic nitrogens is 1. The second-order valence-corrected chi connectivity index (χ2v) is 7.21. The fourth-order valence-corrected chi connectivity index (χ4v) is 4.32. The standard InChI is InChI=1S/C20H28N2O3/c1-3-12-9-14(10-13(12)4-2)21-11-18(24)15-5-7-17(23)20-16(15)6-8-19(25)22-20/h5-8,12-14,18,21,23-24H,3-4,9-11H2,1-2H3,(H,22,25)/t12?,13?,14?,18-/m0/s1. The van der Waals surface area contributed by atoms with Crippen molar-refractivity contribution in [3.8, 4) is 5.75 Å². The summed E-state index contributed by atoms with van der Waals surface area (Å²) in [5.41, 5.74) is 0.824. The second-order valence-electron chi connectivity index (χ2n) is 7.21. The first kappa shape index (κ1) is 18.0. The summed E-state index contributed by atoms with van der Waals surface area (Å²) in [7, 11) is 0. The molecule has 1 heterocycles. The molecule has 1 saturated carbocycles. The Morgan fingerprint density at radius 3 is 2.48 bits per heavy atom. The van der Waals surface area contributed by atoms with Crippen LogP contribution in [0.3, 0.4) is 0 Å². The van der Waals surface area contributed by atoms with E-state index in [1.54, 1.807) is 12.1 Å². The Bertz CT molecular complexity index is 774. The quantitative estimate of drug-likeness (QED) is 0.649. The highest BCUT2D eigenvalue weighted by atomic mass is 16.3. The summed E-state index contributed by atoms with van der Waals surface area (Å²) in [6, 6.07) is 6.77. The maximum Gasteiger partial charge on any atom is 0.248 e. The van der Waals surface area contributed by atoms with Crippen LogP contribution < -0.4 is 10.9 Å². The molecule has 1 fully saturated rings. The normalized spacial score (nSPS) is 24.7. The largest absolute Gasteiger partial charge is 0.506 e. The molecule has 1 aromatic carbocycles. The van der Waals surface area contributed by atoms with Crippen molar-refractivity contribution in [3.05, 3.63) is 40.2 Å². The van der Waals surface area contributed by atoms with Crippen LogP contribution >= 0.6 is 0 Å². The van der Waals surface area contributed by atoms with Crippen LogP contribution in [-0.4, -0.2) is 27.8 Å². The predicted octanol–water partition coefficient (Wildman–Crippen LogP) is 3.07. The van der Waals surface area contributed by atoms with E-state index in [0.717, 1.165) is 11.8 Å². The smallest absolute Gasteiger partial charge is 0.248 e. The maximum atomic E-state index is 11.5. The maximum absolute atomic E-state index is 11.5. The van der Waals surface area contributed by atoms with Crippen LogP contribution in [0.1, 0.15) is 51.2 Å². The van der Waals surface area contributed by atoms with Gasteiger partial charge in [-0.2, -0.15) is 0 Å². The fourth-order valence-electron chi connectivity index (χ4n) is 4.32. The van der Waals surface area contributed by atoms with Gasteiger partial charge in [0.15, 0.2) is 0 Å². The third kappa shape index (κ3) is 3.72. The van der Waals surface area contributed by atoms with Crippen LogP contribution in [0, 0.1) is 11.8 Å². The molecule has 1 aromatic heterocycles. The number of fused-ring (bicyclic) bond motifs is 1. The zero-order valence-electron chi connectivity index (χ0n) is 15.0. The van der Waals surface area contributed by atoms with E-state index in [1.165, 1.54) is 37.8 Å². The predicted molar refractivity (Wildman–Crippen MR) is 99.8 cm³/mol. The van der Waals surface area contributed by atoms with E-state index >= 15 is 0 Å². The number of nitrogens with one attached hydrogen (secondary N) is 2. The first-order valence-corrected chi connectivity index (χ1v) is 9.29. The summed E-state index contributed by atoms with van der Waals surface area (Å²) >= 11 is 0. The van der Waals surface area contributed by atoms with Gasteiger partial charge in [0.2, 0.25) is 5.56 Å². The number of rotatable bonds is 6. The number of hydrogen-bond donors (Lipinski definition) is 4. The van der Waals surface area contributed by atoms with Crippen molar-refractivity contribution in [3.63, 3.8) is 0 Å². The molecular formula is C20H28N2O3. The van der Waals surface area contributed by atoms with Gasteiger partial charge in [0, 0.05) is 24.0 Å². The van der Waals surface area contributed by atoms with E-state index in [2.05, 4.69) is 24.1 Å². The summed E-state index contributed by atoms with van der Waals surface area (Å²) < 4.78 is 0. The van der Waals surface area contributed by atoms with Gasteiger partial charge in [-0.1, -0.05) is 32.8 Å². The van der Waals surface area contributed by atoms with Gasteiger partial charge in [-0.3, -0.25) is 4.79 Å². The van der Waals surface area contributed by atoms with Crippen molar-refractivity contribution in [2.24, 2.45) is 11.8 Å². The van der Waals surface area contributed by atoms with Gasteiger partial charge >= 0.3 is 0 Å². The zero-order valence-corrected chi connectivity index (χ0v) is 15.0. The highest BCUT2D eigenvalue weighted by Crippen LogP contribution is 2.36. The van der Waals surface area contributed by atoms with Crippen LogP contribution in [0.2, 0.25) is 0 Å². The molecule has 0 saturated heterocycles. The summed E-state index contributed by atoms with van der Waals surface area (Å²) in [5.74, 6) is 1.57. The van der Waals surface area contributed by atoms with Gasteiger partial charge in [-0.15, -0.1) is 0 Å². The molecule has 3 atom stereocenters. The SMILES string of the molecule is CCC1CC(NC[C@H](O)c2ccc(O)c3[nH]c(=O)ccc23)CC1CC. The van der Waals surface area contributed by atoms with Crippen molar-refractivity contribution in [2.45, 2.75) is 51.7 Å². The topological polar surface area (TPSA) is 85.3 Å². The van der Waals surface area contributed by atoms with E-state index in [9.17, 15) is 15.0 Å². The molecular weight excluding hydrogens is 316 g/mol. The van der Waals surface area contributed by atoms with Crippen LogP contribution in [0.4, 0.5) is 0 Å². The minimum absolute atomic E-state index is 0.0176. The van der Waals surface area contributed by atoms with Gasteiger partial charge in [0.1, 0.15) is 5.75 Å². The van der Waals surface area contributed by atoms with Gasteiger partial charge in [0.05, 0.1) is 11.6 Å². The second kappa shape index (κ2) is 7.58. The Kier molecular flexibility index (Phi) is 5.45. The lowest BCUT2D eigenvalue weighted by molar-refractivity contribution is 0.171. The van der Waals surface area contributed by atoms with Crippen LogP contribution in [-0.2, 0) is 0 Å². The van der Waals surface area contributed by atoms with Gasteiger partial charge in [0.25, 0.3) is 0 Å². The Labute approximate surface area is 148 Å². The number of aliphatic hydroxyl groups excluding tert-OH is 1. The molecule has 136 valence electrons. The average molecular weight is 344 g/mol. The van der Waals surface area contributed by atoms with E-state index in [1.807, 2.05) is 0 Å². The molecule has 4 N–H and O–H groups in total. The van der Waals surface area contributed by atoms with Crippen molar-refractivity contribution in [1.29, 1.82) is 0 Å². The molecule has 2 aromatic rings. The number of H-pyrrole nitrogens is 1. The summed E-state index contributed by atoms with van der Waals surface area (Å²) in [6.07, 6.45) is 4.09. The number of hydrogen-bond acceptors (Lipinski definition) is 4. The van der Waals surface area contributed by atoms with Gasteiger partial charge in [-0.25, -0.2) is 0 Å². The number of aromatic hydroxyl groups is 1. The summed E-state index contributed by atoms with van der Waals surface area (Å²) in [5, 5.41) is 24.8. The van der Waals surface area contributed by atoms with Crippen molar-refractivity contribution in [1.82, 2.24) is 10.3 Å². The number of benzene rings is 1. The van der Waals surface area contributed by atoms with E-state index < -0.39 is 6.10 Å². The molecule has 0 amide bonds. The summed E-state index contributed by atoms with van der Waals surface area (Å²) in [6.45, 7) is 4.98. The molecule has 0 spiro atoms. The molecule has 5 heteroatoms. The molecule has 1 aliphatic rings. The number of aromatic amines is 1. The third-order valence-electron chi connectivity index (χ3n) is 5.76. The number of phenolic OH excluding ortho intramolecular Hbond substituents is 1. The number of aliphatic hydroxyl groups is 1. The van der Waals surface area contributed by atoms with Crippen molar-refractivity contribution >= 4 is 10.9 Å². The molecule has 3 rings (SSSR count). The third-order valence-corrected chi connectivity index (χ3v) is 5.76. The number of phenols is 1. The minimum atomic E-state index is -0.685. The lowest BCUT2D eigenvalue weighted by Crippen LogP contribution is -2.31. The lowest BCUT2D eigenvalue weighted by Gasteiger charge is -2.18. The zero-order chi connectivity index (χ0) is 18.0. The van der Waals surface area contributed by atoms with E-state index in [-0.39, 0.29) is 11.3 Å². The van der Waals surface area contributed by atoms with Gasteiger partial charge in [-0.05, 0) is 42.4 Å². The monoisotopic (exact) mass is 344 g/mol. The Balaban J connectivity index is 1.72. The van der Waals surface area contributed by atoms with Crippen molar-refractivity contribution < 1.29 is 10.2 Å². The van der Waals surface area contributed by atoms with Crippen molar-refractivity contribution in [2.75, 3.05) is 6.54 Å². The van der Waals surface area contributed by atoms with E-state index in [0.29, 0.717) is 29.1 Å². The van der Waals surface area contributed by atoms with Crippen LogP contribution in [0.25, 0.3) is 10.9 Å². The first-order chi connectivity index (χ1) is 12.0. The molecule has 0 radical (unpaired) electrons. The lowest BCUT2D eigenvalue weighted by atomic mass is 9.92. The molecule has 25 heavy (non-hydrogen) atoms. The molecule has 0 aliphatic heterocycles. The fraction of sp³-hybridized carbons (Fsp3) is 0.550. The Morgan fingerprint density at radius 1 is 1.16 bits per heavy atom. The minimum Gasteiger partial charge on any atom is -0.506 e. The first-order valence-electron chi connectivity index (χ1n) is 9.29. The highest BCUT2D eigenvalue weighted by Gasteiger charge is 2.31. The molecule has 0 bridgehead atoms.